The number of unbranched alkanes of at least 4 members (excludes halogenated alkanes) is 1. The third-order valence-electron chi connectivity index (χ3n) is 5.68. The van der Waals surface area contributed by atoms with Crippen LogP contribution in [0, 0.1) is 5.41 Å². The Hall–Kier alpha value is -3.68. The van der Waals surface area contributed by atoms with Crippen molar-refractivity contribution in [1.82, 2.24) is 0 Å². The highest BCUT2D eigenvalue weighted by molar-refractivity contribution is 6.26. The minimum atomic E-state index is -1.55. The maximum Gasteiger partial charge on any atom is 0.306 e. The van der Waals surface area contributed by atoms with E-state index in [9.17, 15) is 19.2 Å². The second-order valence-corrected chi connectivity index (χ2v) is 8.06. The Bertz CT molecular complexity index is 951. The monoisotopic (exact) mass is 466 g/mol. The highest BCUT2D eigenvalue weighted by Crippen LogP contribution is 2.42. The van der Waals surface area contributed by atoms with Crippen LogP contribution in [0.3, 0.4) is 0 Å². The number of nitrogens with zero attached hydrogens (tertiary/aromatic N) is 2. The van der Waals surface area contributed by atoms with Crippen molar-refractivity contribution in [2.45, 2.75) is 46.0 Å². The molecule has 2 aromatic carbocycles. The molecule has 0 saturated carbocycles. The maximum absolute atomic E-state index is 13.9. The number of ether oxygens (including phenoxy) is 2. The molecule has 0 unspecified atom stereocenters. The van der Waals surface area contributed by atoms with Crippen LogP contribution in [0.4, 0.5) is 11.4 Å². The van der Waals surface area contributed by atoms with E-state index in [2.05, 4.69) is 0 Å². The predicted octanol–water partition coefficient (Wildman–Crippen LogP) is 4.04. The molecule has 0 bridgehead atoms. The quantitative estimate of drug-likeness (QED) is 0.366. The molecule has 34 heavy (non-hydrogen) atoms. The molecule has 8 nitrogen and oxygen atoms in total. The van der Waals surface area contributed by atoms with Gasteiger partial charge in [-0.25, -0.2) is 10.0 Å². The van der Waals surface area contributed by atoms with Gasteiger partial charge in [-0.3, -0.25) is 19.2 Å². The summed E-state index contributed by atoms with van der Waals surface area (Å²) < 4.78 is 10.3. The van der Waals surface area contributed by atoms with Crippen molar-refractivity contribution in [3.63, 3.8) is 0 Å². The largest absolute Gasteiger partial charge is 0.466 e. The molecule has 1 saturated heterocycles. The van der Waals surface area contributed by atoms with E-state index in [0.717, 1.165) is 6.42 Å². The summed E-state index contributed by atoms with van der Waals surface area (Å²) in [7, 11) is 0. The summed E-state index contributed by atoms with van der Waals surface area (Å²) in [6.07, 6.45) is 1.29. The predicted molar refractivity (Wildman–Crippen MR) is 127 cm³/mol. The van der Waals surface area contributed by atoms with Gasteiger partial charge in [0.1, 0.15) is 6.61 Å². The van der Waals surface area contributed by atoms with Crippen LogP contribution in [0.25, 0.3) is 0 Å². The molecule has 1 aliphatic heterocycles. The van der Waals surface area contributed by atoms with E-state index in [1.807, 2.05) is 19.1 Å². The third kappa shape index (κ3) is 5.27. The van der Waals surface area contributed by atoms with Gasteiger partial charge in [0.15, 0.2) is 5.41 Å². The van der Waals surface area contributed by atoms with Gasteiger partial charge >= 0.3 is 11.9 Å². The van der Waals surface area contributed by atoms with E-state index < -0.39 is 29.2 Å². The number of carbonyl (C=O) groups is 4. The number of benzene rings is 2. The van der Waals surface area contributed by atoms with Crippen LogP contribution in [0.15, 0.2) is 60.7 Å². The lowest BCUT2D eigenvalue weighted by Gasteiger charge is -2.27. The molecule has 3 rings (SSSR count). The number of hydrazine groups is 1. The van der Waals surface area contributed by atoms with Crippen LogP contribution in [0.2, 0.25) is 0 Å². The number of esters is 2. The van der Waals surface area contributed by atoms with Gasteiger partial charge in [0.25, 0.3) is 11.8 Å². The zero-order valence-electron chi connectivity index (χ0n) is 19.6. The number of hydrogen-bond acceptors (Lipinski definition) is 6. The Morgan fingerprint density at radius 3 is 1.68 bits per heavy atom. The second kappa shape index (κ2) is 11.4. The summed E-state index contributed by atoms with van der Waals surface area (Å²) in [6, 6.07) is 17.8. The smallest absolute Gasteiger partial charge is 0.306 e. The number of para-hydroxylation sites is 2. The number of hydrogen-bond donors (Lipinski definition) is 0. The molecule has 1 aliphatic rings. The SMILES string of the molecule is CCCCC1(COC(=O)CCC(=O)OCC)C(=O)N(c2ccccc2)N(c2ccccc2)C1=O. The van der Waals surface area contributed by atoms with Crippen LogP contribution in [-0.2, 0) is 28.7 Å². The van der Waals surface area contributed by atoms with Crippen molar-refractivity contribution in [3.8, 4) is 0 Å². The van der Waals surface area contributed by atoms with Crippen LogP contribution in [-0.4, -0.2) is 37.0 Å². The summed E-state index contributed by atoms with van der Waals surface area (Å²) in [5.74, 6) is -2.05. The second-order valence-electron chi connectivity index (χ2n) is 8.06. The first-order chi connectivity index (χ1) is 16.4. The average molecular weight is 467 g/mol. The van der Waals surface area contributed by atoms with E-state index in [1.165, 1.54) is 10.0 Å². The van der Waals surface area contributed by atoms with Crippen molar-refractivity contribution < 1.29 is 28.7 Å². The lowest BCUT2D eigenvalue weighted by Crippen LogP contribution is -2.42. The van der Waals surface area contributed by atoms with Crippen molar-refractivity contribution in [3.05, 3.63) is 60.7 Å². The van der Waals surface area contributed by atoms with Gasteiger partial charge in [0.05, 0.1) is 30.8 Å². The van der Waals surface area contributed by atoms with Crippen molar-refractivity contribution in [2.75, 3.05) is 23.2 Å². The average Bonchev–Trinajstić information content (AvgIpc) is 3.08. The lowest BCUT2D eigenvalue weighted by atomic mass is 9.82. The van der Waals surface area contributed by atoms with Crippen LogP contribution in [0.1, 0.15) is 46.0 Å². The first-order valence-electron chi connectivity index (χ1n) is 11.5. The molecule has 0 radical (unpaired) electrons. The summed E-state index contributed by atoms with van der Waals surface area (Å²) in [5, 5.41) is 2.72. The van der Waals surface area contributed by atoms with E-state index in [4.69, 9.17) is 9.47 Å². The standard InChI is InChI=1S/C26H30N2O6/c1-3-5-18-26(19-34-23(30)17-16-22(29)33-4-2)24(31)27(20-12-8-6-9-13-20)28(25(26)32)21-14-10-7-11-15-21/h6-15H,3-5,16-19H2,1-2H3. The van der Waals surface area contributed by atoms with Gasteiger partial charge in [-0.05, 0) is 37.6 Å². The van der Waals surface area contributed by atoms with E-state index in [-0.39, 0.29) is 32.5 Å². The highest BCUT2D eigenvalue weighted by atomic mass is 16.5. The molecule has 0 spiro atoms. The maximum atomic E-state index is 13.9. The first-order valence-corrected chi connectivity index (χ1v) is 11.5. The Morgan fingerprint density at radius 1 is 0.765 bits per heavy atom. The lowest BCUT2D eigenvalue weighted by molar-refractivity contribution is -0.155. The molecular weight excluding hydrogens is 436 g/mol. The fourth-order valence-corrected chi connectivity index (χ4v) is 3.88. The van der Waals surface area contributed by atoms with E-state index in [1.54, 1.807) is 55.5 Å². The Labute approximate surface area is 199 Å². The van der Waals surface area contributed by atoms with Gasteiger partial charge in [-0.15, -0.1) is 0 Å². The molecule has 180 valence electrons. The zero-order chi connectivity index (χ0) is 24.6. The highest BCUT2D eigenvalue weighted by Gasteiger charge is 2.59. The molecule has 1 heterocycles. The fraction of sp³-hybridized carbons (Fsp3) is 0.385. The minimum absolute atomic E-state index is 0.122. The molecule has 0 atom stereocenters. The zero-order valence-corrected chi connectivity index (χ0v) is 19.6. The third-order valence-corrected chi connectivity index (χ3v) is 5.68. The van der Waals surface area contributed by atoms with Gasteiger partial charge in [0, 0.05) is 0 Å². The van der Waals surface area contributed by atoms with Crippen molar-refractivity contribution in [1.29, 1.82) is 0 Å². The van der Waals surface area contributed by atoms with Crippen molar-refractivity contribution >= 4 is 35.1 Å². The number of rotatable bonds is 11. The molecule has 2 amide bonds. The number of amides is 2. The molecule has 0 aromatic heterocycles. The van der Waals surface area contributed by atoms with Gasteiger partial charge in [-0.1, -0.05) is 56.2 Å². The number of anilines is 2. The summed E-state index contributed by atoms with van der Waals surface area (Å²) in [6.45, 7) is 3.48. The molecule has 8 heteroatoms. The molecule has 0 aliphatic carbocycles. The molecule has 1 fully saturated rings. The molecular formula is C26H30N2O6. The first kappa shape index (κ1) is 25.0. The molecule has 0 N–H and O–H groups in total. The van der Waals surface area contributed by atoms with Crippen LogP contribution < -0.4 is 10.0 Å². The minimum Gasteiger partial charge on any atom is -0.466 e. The van der Waals surface area contributed by atoms with E-state index >= 15 is 0 Å². The number of carbonyl (C=O) groups excluding carboxylic acids is 4. The van der Waals surface area contributed by atoms with Crippen molar-refractivity contribution in [2.24, 2.45) is 5.41 Å². The Kier molecular flexibility index (Phi) is 8.40. The Balaban J connectivity index is 1.92. The fourth-order valence-electron chi connectivity index (χ4n) is 3.88. The summed E-state index contributed by atoms with van der Waals surface area (Å²) >= 11 is 0. The molecule has 2 aromatic rings. The summed E-state index contributed by atoms with van der Waals surface area (Å²) in [4.78, 5) is 51.7. The van der Waals surface area contributed by atoms with Gasteiger partial charge < -0.3 is 9.47 Å². The van der Waals surface area contributed by atoms with E-state index in [0.29, 0.717) is 17.8 Å². The Morgan fingerprint density at radius 2 is 1.24 bits per heavy atom. The summed E-state index contributed by atoms with van der Waals surface area (Å²) in [5.41, 5.74) is -0.477. The topological polar surface area (TPSA) is 93.2 Å². The van der Waals surface area contributed by atoms with Crippen LogP contribution in [0.5, 0.6) is 0 Å². The van der Waals surface area contributed by atoms with Gasteiger partial charge in [0.2, 0.25) is 0 Å². The normalized spacial score (nSPS) is 14.9. The van der Waals surface area contributed by atoms with Gasteiger partial charge in [-0.2, -0.15) is 0 Å². The van der Waals surface area contributed by atoms with Crippen LogP contribution >= 0.6 is 0 Å².